The molecule has 0 bridgehead atoms. The molecule has 0 aliphatic carbocycles. The molecule has 4 nitrogen and oxygen atoms in total. The molecular weight excluding hydrogens is 283 g/mol. The summed E-state index contributed by atoms with van der Waals surface area (Å²) >= 11 is 9.02. The topological polar surface area (TPSA) is 72.2 Å². The van der Waals surface area contributed by atoms with E-state index in [2.05, 4.69) is 21.2 Å². The van der Waals surface area contributed by atoms with Crippen LogP contribution in [0.25, 0.3) is 0 Å². The van der Waals surface area contributed by atoms with Crippen LogP contribution in [0, 0.1) is 0 Å². The van der Waals surface area contributed by atoms with Gasteiger partial charge in [-0.15, -0.1) is 0 Å². The maximum Gasteiger partial charge on any atom is 0.253 e. The van der Waals surface area contributed by atoms with Crippen molar-refractivity contribution in [1.82, 2.24) is 5.32 Å². The molecule has 0 aliphatic heterocycles. The van der Waals surface area contributed by atoms with Gasteiger partial charge in [-0.25, -0.2) is 0 Å². The molecule has 15 heavy (non-hydrogen) atoms. The van der Waals surface area contributed by atoms with E-state index >= 15 is 0 Å². The molecule has 0 aliphatic rings. The van der Waals surface area contributed by atoms with Crippen LogP contribution in [0.2, 0.25) is 5.02 Å². The molecule has 80 valence electrons. The summed E-state index contributed by atoms with van der Waals surface area (Å²) in [4.78, 5) is 22.0. The maximum absolute atomic E-state index is 11.5. The summed E-state index contributed by atoms with van der Waals surface area (Å²) in [6.45, 7) is -0.207. The van der Waals surface area contributed by atoms with Gasteiger partial charge in [0, 0.05) is 4.47 Å². The zero-order valence-electron chi connectivity index (χ0n) is 7.59. The number of amides is 2. The van der Waals surface area contributed by atoms with Crippen molar-refractivity contribution in [2.24, 2.45) is 5.73 Å². The van der Waals surface area contributed by atoms with Crippen LogP contribution in [0.5, 0.6) is 0 Å². The van der Waals surface area contributed by atoms with Crippen LogP contribution >= 0.6 is 27.5 Å². The third kappa shape index (κ3) is 3.53. The van der Waals surface area contributed by atoms with E-state index in [1.54, 1.807) is 18.2 Å². The number of carbonyl (C=O) groups is 2. The highest BCUT2D eigenvalue weighted by Gasteiger charge is 2.10. The van der Waals surface area contributed by atoms with Crippen molar-refractivity contribution in [3.63, 3.8) is 0 Å². The number of carbonyl (C=O) groups excluding carboxylic acids is 2. The molecule has 0 heterocycles. The monoisotopic (exact) mass is 290 g/mol. The molecule has 1 aromatic carbocycles. The first kappa shape index (κ1) is 12.0. The zero-order chi connectivity index (χ0) is 11.4. The summed E-state index contributed by atoms with van der Waals surface area (Å²) < 4.78 is 0.733. The molecule has 0 atom stereocenters. The number of rotatable bonds is 3. The zero-order valence-corrected chi connectivity index (χ0v) is 9.93. The summed E-state index contributed by atoms with van der Waals surface area (Å²) in [6.07, 6.45) is 0. The highest BCUT2D eigenvalue weighted by atomic mass is 79.9. The van der Waals surface area contributed by atoms with E-state index in [0.717, 1.165) is 4.47 Å². The van der Waals surface area contributed by atoms with Crippen molar-refractivity contribution in [1.29, 1.82) is 0 Å². The Balaban J connectivity index is 2.81. The molecule has 0 saturated carbocycles. The molecule has 2 amide bonds. The van der Waals surface area contributed by atoms with Crippen molar-refractivity contribution in [2.45, 2.75) is 0 Å². The van der Waals surface area contributed by atoms with Gasteiger partial charge in [-0.2, -0.15) is 0 Å². The fourth-order valence-corrected chi connectivity index (χ4v) is 1.50. The van der Waals surface area contributed by atoms with E-state index in [-0.39, 0.29) is 6.54 Å². The molecule has 0 saturated heterocycles. The number of nitrogens with two attached hydrogens (primary N) is 1. The Labute approximate surface area is 99.9 Å². The van der Waals surface area contributed by atoms with Gasteiger partial charge in [-0.05, 0) is 18.2 Å². The van der Waals surface area contributed by atoms with Crippen molar-refractivity contribution in [3.05, 3.63) is 33.3 Å². The predicted octanol–water partition coefficient (Wildman–Crippen LogP) is 1.32. The van der Waals surface area contributed by atoms with Crippen molar-refractivity contribution in [2.75, 3.05) is 6.54 Å². The Bertz CT molecular complexity index is 409. The van der Waals surface area contributed by atoms with Crippen LogP contribution in [-0.4, -0.2) is 18.4 Å². The summed E-state index contributed by atoms with van der Waals surface area (Å²) in [5, 5.41) is 2.67. The molecule has 0 unspecified atom stereocenters. The summed E-state index contributed by atoms with van der Waals surface area (Å²) in [5.74, 6) is -1.03. The van der Waals surface area contributed by atoms with Crippen LogP contribution < -0.4 is 11.1 Å². The quantitative estimate of drug-likeness (QED) is 0.881. The first-order chi connectivity index (χ1) is 7.00. The second-order valence-corrected chi connectivity index (χ2v) is 4.10. The van der Waals surface area contributed by atoms with Gasteiger partial charge in [0.2, 0.25) is 5.91 Å². The average molecular weight is 292 g/mol. The molecule has 1 rings (SSSR count). The lowest BCUT2D eigenvalue weighted by molar-refractivity contribution is -0.117. The third-order valence-corrected chi connectivity index (χ3v) is 2.42. The minimum atomic E-state index is -0.602. The van der Waals surface area contributed by atoms with E-state index < -0.39 is 11.8 Å². The molecule has 3 N–H and O–H groups in total. The summed E-state index contributed by atoms with van der Waals surface area (Å²) in [6, 6.07) is 4.87. The van der Waals surface area contributed by atoms with Crippen LogP contribution in [0.4, 0.5) is 0 Å². The SMILES string of the molecule is NC(=O)CNC(=O)c1cc(Br)ccc1Cl. The maximum atomic E-state index is 11.5. The van der Waals surface area contributed by atoms with Gasteiger partial charge in [-0.1, -0.05) is 27.5 Å². The van der Waals surface area contributed by atoms with Gasteiger partial charge in [-0.3, -0.25) is 9.59 Å². The lowest BCUT2D eigenvalue weighted by Crippen LogP contribution is -2.33. The van der Waals surface area contributed by atoms with Crippen LogP contribution in [0.3, 0.4) is 0 Å². The lowest BCUT2D eigenvalue weighted by atomic mass is 10.2. The Morgan fingerprint density at radius 3 is 2.73 bits per heavy atom. The molecule has 0 fully saturated rings. The number of benzene rings is 1. The normalized spacial score (nSPS) is 9.73. The second kappa shape index (κ2) is 5.14. The minimum absolute atomic E-state index is 0.207. The predicted molar refractivity (Wildman–Crippen MR) is 60.7 cm³/mol. The Morgan fingerprint density at radius 1 is 1.47 bits per heavy atom. The summed E-state index contributed by atoms with van der Waals surface area (Å²) in [7, 11) is 0. The first-order valence-corrected chi connectivity index (χ1v) is 5.19. The van der Waals surface area contributed by atoms with Gasteiger partial charge in [0.1, 0.15) is 0 Å². The van der Waals surface area contributed by atoms with Crippen LogP contribution in [-0.2, 0) is 4.79 Å². The van der Waals surface area contributed by atoms with Gasteiger partial charge >= 0.3 is 0 Å². The fraction of sp³-hybridized carbons (Fsp3) is 0.111. The number of hydrogen-bond acceptors (Lipinski definition) is 2. The average Bonchev–Trinajstić information content (AvgIpc) is 2.18. The van der Waals surface area contributed by atoms with Crippen LogP contribution in [0.1, 0.15) is 10.4 Å². The van der Waals surface area contributed by atoms with E-state index in [9.17, 15) is 9.59 Å². The highest BCUT2D eigenvalue weighted by Crippen LogP contribution is 2.20. The Morgan fingerprint density at radius 2 is 2.13 bits per heavy atom. The smallest absolute Gasteiger partial charge is 0.253 e. The second-order valence-electron chi connectivity index (χ2n) is 2.77. The van der Waals surface area contributed by atoms with E-state index in [4.69, 9.17) is 17.3 Å². The molecule has 6 heteroatoms. The fourth-order valence-electron chi connectivity index (χ4n) is 0.934. The van der Waals surface area contributed by atoms with E-state index in [1.807, 2.05) is 0 Å². The van der Waals surface area contributed by atoms with Gasteiger partial charge in [0.15, 0.2) is 0 Å². The third-order valence-electron chi connectivity index (χ3n) is 1.60. The Hall–Kier alpha value is -1.07. The molecular formula is C9H8BrClN2O2. The summed E-state index contributed by atoms with van der Waals surface area (Å²) in [5.41, 5.74) is 5.19. The number of primary amides is 1. The number of halogens is 2. The largest absolute Gasteiger partial charge is 0.368 e. The molecule has 0 aromatic heterocycles. The standard InChI is InChI=1S/C9H8BrClN2O2/c10-5-1-2-7(11)6(3-5)9(15)13-4-8(12)14/h1-3H,4H2,(H2,12,14)(H,13,15). The highest BCUT2D eigenvalue weighted by molar-refractivity contribution is 9.10. The molecule has 0 radical (unpaired) electrons. The number of hydrogen-bond donors (Lipinski definition) is 2. The van der Waals surface area contributed by atoms with Crippen molar-refractivity contribution >= 4 is 39.3 Å². The number of nitrogens with one attached hydrogen (secondary N) is 1. The van der Waals surface area contributed by atoms with Crippen molar-refractivity contribution in [3.8, 4) is 0 Å². The van der Waals surface area contributed by atoms with Gasteiger partial charge < -0.3 is 11.1 Å². The first-order valence-electron chi connectivity index (χ1n) is 4.02. The molecule has 1 aromatic rings. The van der Waals surface area contributed by atoms with E-state index in [0.29, 0.717) is 10.6 Å². The van der Waals surface area contributed by atoms with Crippen molar-refractivity contribution < 1.29 is 9.59 Å². The minimum Gasteiger partial charge on any atom is -0.368 e. The van der Waals surface area contributed by atoms with Gasteiger partial charge in [0.05, 0.1) is 17.1 Å². The lowest BCUT2D eigenvalue weighted by Gasteiger charge is -2.05. The molecule has 0 spiro atoms. The Kier molecular flexibility index (Phi) is 4.11. The van der Waals surface area contributed by atoms with Gasteiger partial charge in [0.25, 0.3) is 5.91 Å². The van der Waals surface area contributed by atoms with Crippen LogP contribution in [0.15, 0.2) is 22.7 Å². The van der Waals surface area contributed by atoms with E-state index in [1.165, 1.54) is 0 Å².